The normalized spacial score (nSPS) is 20.1. The number of nitrogens with zero attached hydrogens (tertiary/aromatic N) is 2. The molecule has 2 aliphatic carbocycles. The summed E-state index contributed by atoms with van der Waals surface area (Å²) in [6, 6.07) is 44.5. The van der Waals surface area contributed by atoms with Crippen LogP contribution in [-0.4, -0.2) is 0 Å². The van der Waals surface area contributed by atoms with E-state index in [1.165, 1.54) is 83.3 Å². The third-order valence-electron chi connectivity index (χ3n) is 11.4. The van der Waals surface area contributed by atoms with Crippen molar-refractivity contribution in [3.05, 3.63) is 177 Å². The highest BCUT2D eigenvalue weighted by atomic mass is 15.4. The van der Waals surface area contributed by atoms with Crippen molar-refractivity contribution >= 4 is 21.5 Å². The van der Waals surface area contributed by atoms with E-state index in [1.807, 2.05) is 0 Å². The van der Waals surface area contributed by atoms with Gasteiger partial charge >= 0.3 is 5.66 Å². The van der Waals surface area contributed by atoms with Gasteiger partial charge in [-0.05, 0) is 68.3 Å². The SMILES string of the molecule is c1ccc2c(c1)Cc1ccc3c4c1C2c1cccc2c1C41[n+]4c(cc5ccccc5c4C2)-c2cc4ccccc4c([n+]21)C3. The molecule has 0 fully saturated rings. The van der Waals surface area contributed by atoms with Gasteiger partial charge in [-0.15, -0.1) is 9.13 Å². The van der Waals surface area contributed by atoms with Crippen molar-refractivity contribution in [2.45, 2.75) is 30.8 Å². The van der Waals surface area contributed by atoms with Gasteiger partial charge in [-0.3, -0.25) is 0 Å². The van der Waals surface area contributed by atoms with Crippen molar-refractivity contribution in [2.75, 3.05) is 0 Å². The smallest absolute Gasteiger partial charge is 0.116 e. The zero-order valence-corrected chi connectivity index (χ0v) is 23.6. The van der Waals surface area contributed by atoms with Crippen LogP contribution in [0.25, 0.3) is 32.9 Å². The monoisotopic (exact) mass is 546 g/mol. The molecule has 2 aromatic heterocycles. The van der Waals surface area contributed by atoms with Crippen molar-refractivity contribution in [1.82, 2.24) is 0 Å². The van der Waals surface area contributed by atoms with Crippen molar-refractivity contribution in [1.29, 1.82) is 0 Å². The van der Waals surface area contributed by atoms with E-state index in [0.717, 1.165) is 19.3 Å². The molecular weight excluding hydrogens is 520 g/mol. The Morgan fingerprint density at radius 3 is 1.81 bits per heavy atom. The van der Waals surface area contributed by atoms with E-state index in [1.54, 1.807) is 11.1 Å². The van der Waals surface area contributed by atoms with Crippen LogP contribution in [0.1, 0.15) is 67.4 Å². The maximum absolute atomic E-state index is 2.80. The Balaban J connectivity index is 1.38. The summed E-state index contributed by atoms with van der Waals surface area (Å²) in [6.07, 6.45) is 2.90. The second-order valence-corrected chi connectivity index (χ2v) is 13.2. The number of pyridine rings is 2. The number of hydrogen-bond donors (Lipinski definition) is 0. The van der Waals surface area contributed by atoms with Gasteiger partial charge in [-0.2, -0.15) is 0 Å². The third kappa shape index (κ3) is 2.20. The molecule has 43 heavy (non-hydrogen) atoms. The molecular formula is C41H26N2+2. The Morgan fingerprint density at radius 2 is 1.07 bits per heavy atom. The van der Waals surface area contributed by atoms with Crippen LogP contribution in [-0.2, 0) is 24.9 Å². The van der Waals surface area contributed by atoms with Gasteiger partial charge in [-0.25, -0.2) is 0 Å². The Labute approximate surface area is 249 Å². The summed E-state index contributed by atoms with van der Waals surface area (Å²) < 4.78 is 5.60. The highest BCUT2D eigenvalue weighted by molar-refractivity contribution is 5.90. The van der Waals surface area contributed by atoms with Gasteiger partial charge in [0.25, 0.3) is 11.4 Å². The fourth-order valence-corrected chi connectivity index (χ4v) is 10.1. The summed E-state index contributed by atoms with van der Waals surface area (Å²) in [5, 5.41) is 5.42. The van der Waals surface area contributed by atoms with E-state index in [2.05, 4.69) is 124 Å². The highest BCUT2D eigenvalue weighted by Gasteiger charge is 2.73. The molecule has 0 radical (unpaired) electrons. The first kappa shape index (κ1) is 21.6. The standard InChI is InChI=1S/C41H26N2/c1-4-12-29-24(9-1)19-35-36-20-25-10-2-5-13-30(25)34-22-28-17-16-26-18-23-8-3-6-14-31(23)38-32-15-7-11-27-21-33(29)42(35)41(39(27)32,43(34)36)40(28)37(26)38/h1-17,19-20,38H,18,21-22H2/q+2. The lowest BCUT2D eigenvalue weighted by molar-refractivity contribution is -0.945. The third-order valence-corrected chi connectivity index (χ3v) is 11.4. The lowest BCUT2D eigenvalue weighted by atomic mass is 9.60. The molecule has 5 aromatic carbocycles. The van der Waals surface area contributed by atoms with Gasteiger partial charge in [0.15, 0.2) is 0 Å². The molecule has 3 aliphatic heterocycles. The molecule has 2 unspecified atom stereocenters. The zero-order valence-electron chi connectivity index (χ0n) is 23.6. The summed E-state index contributed by atoms with van der Waals surface area (Å²) in [5.74, 6) is 0.271. The summed E-state index contributed by atoms with van der Waals surface area (Å²) in [5.41, 5.74) is 18.7. The number of benzene rings is 5. The van der Waals surface area contributed by atoms with Crippen molar-refractivity contribution in [3.8, 4) is 11.4 Å². The van der Waals surface area contributed by atoms with E-state index >= 15 is 0 Å². The van der Waals surface area contributed by atoms with Crippen molar-refractivity contribution in [2.24, 2.45) is 0 Å². The predicted molar refractivity (Wildman–Crippen MR) is 168 cm³/mol. The first-order valence-corrected chi connectivity index (χ1v) is 15.6. The van der Waals surface area contributed by atoms with Crippen LogP contribution < -0.4 is 9.13 Å². The summed E-state index contributed by atoms with van der Waals surface area (Å²) >= 11 is 0. The Hall–Kier alpha value is -5.08. The second kappa shape index (κ2) is 6.93. The predicted octanol–water partition coefficient (Wildman–Crippen LogP) is 7.05. The van der Waals surface area contributed by atoms with Crippen LogP contribution in [0.3, 0.4) is 0 Å². The fraction of sp³-hybridized carbons (Fsp3) is 0.122. The Kier molecular flexibility index (Phi) is 3.48. The quantitative estimate of drug-likeness (QED) is 0.180. The Morgan fingerprint density at radius 1 is 0.488 bits per heavy atom. The molecule has 2 nitrogen and oxygen atoms in total. The molecule has 5 aliphatic rings. The first-order chi connectivity index (χ1) is 21.3. The summed E-state index contributed by atoms with van der Waals surface area (Å²) in [6.45, 7) is 0. The topological polar surface area (TPSA) is 7.76 Å². The maximum Gasteiger partial charge on any atom is 0.417 e. The van der Waals surface area contributed by atoms with Gasteiger partial charge in [0, 0.05) is 28.8 Å². The number of rotatable bonds is 0. The minimum atomic E-state index is -0.421. The average molecular weight is 547 g/mol. The minimum Gasteiger partial charge on any atom is -0.116 e. The van der Waals surface area contributed by atoms with Crippen LogP contribution in [0.2, 0.25) is 0 Å². The van der Waals surface area contributed by atoms with E-state index < -0.39 is 5.66 Å². The molecule has 2 atom stereocenters. The van der Waals surface area contributed by atoms with E-state index in [-0.39, 0.29) is 5.92 Å². The van der Waals surface area contributed by atoms with Gasteiger partial charge in [0.1, 0.15) is 11.1 Å². The number of fused-ring (bicyclic) bond motifs is 8. The maximum atomic E-state index is 2.80. The molecule has 12 rings (SSSR count). The van der Waals surface area contributed by atoms with Crippen LogP contribution >= 0.6 is 0 Å². The molecule has 7 aromatic rings. The van der Waals surface area contributed by atoms with Crippen molar-refractivity contribution in [3.63, 3.8) is 0 Å². The molecule has 5 heterocycles. The van der Waals surface area contributed by atoms with Gasteiger partial charge in [0.05, 0.1) is 12.8 Å². The summed E-state index contributed by atoms with van der Waals surface area (Å²) in [7, 11) is 0. The largest absolute Gasteiger partial charge is 0.417 e. The average Bonchev–Trinajstić information content (AvgIpc) is 3.34. The molecule has 1 spiro atoms. The zero-order chi connectivity index (χ0) is 27.6. The van der Waals surface area contributed by atoms with Gasteiger partial charge in [0.2, 0.25) is 11.4 Å². The van der Waals surface area contributed by atoms with Crippen LogP contribution in [0, 0.1) is 0 Å². The molecule has 0 saturated carbocycles. The van der Waals surface area contributed by atoms with E-state index in [0.29, 0.717) is 0 Å². The van der Waals surface area contributed by atoms with E-state index in [4.69, 9.17) is 0 Å². The van der Waals surface area contributed by atoms with Crippen LogP contribution in [0.5, 0.6) is 0 Å². The van der Waals surface area contributed by atoms with Crippen LogP contribution in [0.4, 0.5) is 0 Å². The second-order valence-electron chi connectivity index (χ2n) is 13.2. The molecule has 2 heteroatoms. The van der Waals surface area contributed by atoms with Gasteiger partial charge < -0.3 is 0 Å². The van der Waals surface area contributed by atoms with Crippen molar-refractivity contribution < 1.29 is 9.13 Å². The molecule has 0 bridgehead atoms. The Bertz CT molecular complexity index is 2420. The molecule has 0 saturated heterocycles. The highest BCUT2D eigenvalue weighted by Crippen LogP contribution is 2.58. The first-order valence-electron chi connectivity index (χ1n) is 15.6. The number of aromatic nitrogens is 2. The van der Waals surface area contributed by atoms with Crippen LogP contribution in [0.15, 0.2) is 115 Å². The lowest BCUT2D eigenvalue weighted by Crippen LogP contribution is -2.77. The fourth-order valence-electron chi connectivity index (χ4n) is 10.1. The lowest BCUT2D eigenvalue weighted by Gasteiger charge is -2.43. The number of hydrogen-bond acceptors (Lipinski definition) is 0. The minimum absolute atomic E-state index is 0.271. The molecule has 198 valence electrons. The van der Waals surface area contributed by atoms with Gasteiger partial charge in [-0.1, -0.05) is 91.0 Å². The summed E-state index contributed by atoms with van der Waals surface area (Å²) in [4.78, 5) is 0. The van der Waals surface area contributed by atoms with E-state index in [9.17, 15) is 0 Å². The molecule has 0 amide bonds. The molecule has 0 N–H and O–H groups in total.